The highest BCUT2D eigenvalue weighted by molar-refractivity contribution is 9.10. The Balaban J connectivity index is 2.29. The summed E-state index contributed by atoms with van der Waals surface area (Å²) in [6, 6.07) is 4.50. The van der Waals surface area contributed by atoms with Crippen molar-refractivity contribution in [2.75, 3.05) is 0 Å². The van der Waals surface area contributed by atoms with Gasteiger partial charge in [0.05, 0.1) is 5.71 Å². The molecular weight excluding hydrogens is 293 g/mol. The Labute approximate surface area is 105 Å². The van der Waals surface area contributed by atoms with E-state index in [1.807, 2.05) is 0 Å². The van der Waals surface area contributed by atoms with E-state index in [9.17, 15) is 9.18 Å². The molecule has 90 valence electrons. The molecule has 0 bridgehead atoms. The van der Waals surface area contributed by atoms with Crippen LogP contribution < -0.4 is 0 Å². The van der Waals surface area contributed by atoms with Gasteiger partial charge in [-0.15, -0.1) is 0 Å². The summed E-state index contributed by atoms with van der Waals surface area (Å²) in [6.07, 6.45) is 0.0425. The van der Waals surface area contributed by atoms with Crippen LogP contribution >= 0.6 is 15.9 Å². The van der Waals surface area contributed by atoms with E-state index in [0.29, 0.717) is 10.2 Å². The van der Waals surface area contributed by atoms with E-state index in [1.165, 1.54) is 19.1 Å². The number of oxime groups is 1. The lowest BCUT2D eigenvalue weighted by Crippen LogP contribution is -2.35. The second kappa shape index (κ2) is 4.10. The number of aliphatic carboxylic acids is 1. The first-order chi connectivity index (χ1) is 7.92. The van der Waals surface area contributed by atoms with Gasteiger partial charge in [-0.1, -0.05) is 21.1 Å². The molecule has 1 aromatic carbocycles. The molecule has 0 amide bonds. The highest BCUT2D eigenvalue weighted by Gasteiger charge is 2.42. The van der Waals surface area contributed by atoms with Crippen LogP contribution in [0.15, 0.2) is 27.8 Å². The molecule has 0 aliphatic carbocycles. The van der Waals surface area contributed by atoms with Gasteiger partial charge in [-0.25, -0.2) is 9.18 Å². The smallest absolute Gasteiger partial charge is 0.351 e. The monoisotopic (exact) mass is 301 g/mol. The molecule has 0 saturated heterocycles. The van der Waals surface area contributed by atoms with Crippen LogP contribution in [0.2, 0.25) is 0 Å². The molecule has 17 heavy (non-hydrogen) atoms. The second-order valence-corrected chi connectivity index (χ2v) is 4.88. The SMILES string of the molecule is C[C@@]1(C(=O)O)CC(c2ccc(Br)cc2F)=NO1. The zero-order valence-corrected chi connectivity index (χ0v) is 10.5. The fraction of sp³-hybridized carbons (Fsp3) is 0.273. The molecule has 2 rings (SSSR count). The number of carboxylic acids is 1. The highest BCUT2D eigenvalue weighted by Crippen LogP contribution is 2.28. The fourth-order valence-electron chi connectivity index (χ4n) is 1.52. The van der Waals surface area contributed by atoms with Crippen molar-refractivity contribution in [3.63, 3.8) is 0 Å². The molecule has 0 aromatic heterocycles. The summed E-state index contributed by atoms with van der Waals surface area (Å²) in [4.78, 5) is 15.8. The second-order valence-electron chi connectivity index (χ2n) is 3.97. The summed E-state index contributed by atoms with van der Waals surface area (Å²) >= 11 is 3.15. The molecule has 0 saturated carbocycles. The van der Waals surface area contributed by atoms with E-state index in [4.69, 9.17) is 9.94 Å². The highest BCUT2D eigenvalue weighted by atomic mass is 79.9. The molecule has 1 aliphatic rings. The lowest BCUT2D eigenvalue weighted by atomic mass is 9.96. The number of carboxylic acid groups (broad SMARTS) is 1. The number of rotatable bonds is 2. The Hall–Kier alpha value is -1.43. The third kappa shape index (κ3) is 2.17. The minimum Gasteiger partial charge on any atom is -0.478 e. The predicted molar refractivity (Wildman–Crippen MR) is 62.4 cm³/mol. The summed E-state index contributed by atoms with van der Waals surface area (Å²) in [7, 11) is 0. The van der Waals surface area contributed by atoms with E-state index < -0.39 is 17.4 Å². The van der Waals surface area contributed by atoms with Crippen molar-refractivity contribution in [2.45, 2.75) is 18.9 Å². The number of hydrogen-bond acceptors (Lipinski definition) is 3. The van der Waals surface area contributed by atoms with E-state index >= 15 is 0 Å². The van der Waals surface area contributed by atoms with Gasteiger partial charge in [-0.3, -0.25) is 0 Å². The molecule has 0 fully saturated rings. The summed E-state index contributed by atoms with van der Waals surface area (Å²) < 4.78 is 14.3. The van der Waals surface area contributed by atoms with Crippen molar-refractivity contribution in [1.82, 2.24) is 0 Å². The molecule has 0 radical (unpaired) electrons. The predicted octanol–water partition coefficient (Wildman–Crippen LogP) is 2.56. The minimum absolute atomic E-state index is 0.0425. The number of hydrogen-bond donors (Lipinski definition) is 1. The lowest BCUT2D eigenvalue weighted by molar-refractivity contribution is -0.160. The average molecular weight is 302 g/mol. The van der Waals surface area contributed by atoms with Crippen molar-refractivity contribution in [3.05, 3.63) is 34.1 Å². The van der Waals surface area contributed by atoms with Gasteiger partial charge in [0.1, 0.15) is 5.82 Å². The third-order valence-corrected chi connectivity index (χ3v) is 3.05. The Morgan fingerprint density at radius 3 is 2.88 bits per heavy atom. The number of carbonyl (C=O) groups is 1. The molecule has 4 nitrogen and oxygen atoms in total. The Bertz CT molecular complexity index is 517. The van der Waals surface area contributed by atoms with E-state index in [0.717, 1.165) is 0 Å². The fourth-order valence-corrected chi connectivity index (χ4v) is 1.86. The summed E-state index contributed by atoms with van der Waals surface area (Å²) in [5.41, 5.74) is -0.840. The van der Waals surface area contributed by atoms with Gasteiger partial charge >= 0.3 is 5.97 Å². The van der Waals surface area contributed by atoms with Crippen molar-refractivity contribution >= 4 is 27.6 Å². The molecule has 0 unspecified atom stereocenters. The maximum absolute atomic E-state index is 13.6. The van der Waals surface area contributed by atoms with E-state index in [1.54, 1.807) is 6.07 Å². The molecule has 1 aliphatic heterocycles. The third-order valence-electron chi connectivity index (χ3n) is 2.56. The van der Waals surface area contributed by atoms with Crippen molar-refractivity contribution in [3.8, 4) is 0 Å². The number of benzene rings is 1. The van der Waals surface area contributed by atoms with Gasteiger partial charge in [0.15, 0.2) is 0 Å². The minimum atomic E-state index is -1.41. The van der Waals surface area contributed by atoms with E-state index in [-0.39, 0.29) is 12.0 Å². The van der Waals surface area contributed by atoms with Gasteiger partial charge in [-0.2, -0.15) is 0 Å². The van der Waals surface area contributed by atoms with E-state index in [2.05, 4.69) is 21.1 Å². The van der Waals surface area contributed by atoms with Gasteiger partial charge in [0.25, 0.3) is 0 Å². The topological polar surface area (TPSA) is 58.9 Å². The maximum Gasteiger partial charge on any atom is 0.351 e. The van der Waals surface area contributed by atoms with Crippen molar-refractivity contribution in [1.29, 1.82) is 0 Å². The average Bonchev–Trinajstić information content (AvgIpc) is 2.62. The molecular formula is C11H9BrFNO3. The number of nitrogens with zero attached hydrogens (tertiary/aromatic N) is 1. The Morgan fingerprint density at radius 1 is 1.65 bits per heavy atom. The van der Waals surface area contributed by atoms with Crippen LogP contribution in [0.3, 0.4) is 0 Å². The first kappa shape index (κ1) is 12.0. The molecule has 1 atom stereocenters. The molecule has 1 aromatic rings. The molecule has 0 spiro atoms. The quantitative estimate of drug-likeness (QED) is 0.913. The zero-order chi connectivity index (χ0) is 12.6. The first-order valence-electron chi connectivity index (χ1n) is 4.86. The molecule has 6 heteroatoms. The van der Waals surface area contributed by atoms with Crippen LogP contribution in [-0.2, 0) is 9.63 Å². The zero-order valence-electron chi connectivity index (χ0n) is 8.91. The molecule has 1 N–H and O–H groups in total. The lowest BCUT2D eigenvalue weighted by Gasteiger charge is -2.14. The van der Waals surface area contributed by atoms with Crippen molar-refractivity contribution in [2.24, 2.45) is 5.16 Å². The summed E-state index contributed by atoms with van der Waals surface area (Å²) in [5, 5.41) is 12.6. The normalized spacial score (nSPS) is 23.1. The van der Waals surface area contributed by atoms with Gasteiger partial charge in [-0.05, 0) is 25.1 Å². The van der Waals surface area contributed by atoms with Crippen LogP contribution in [0.5, 0.6) is 0 Å². The number of halogens is 2. The Morgan fingerprint density at radius 2 is 2.35 bits per heavy atom. The largest absolute Gasteiger partial charge is 0.478 e. The van der Waals surface area contributed by atoms with Gasteiger partial charge in [0.2, 0.25) is 5.60 Å². The van der Waals surface area contributed by atoms with Crippen LogP contribution in [0.25, 0.3) is 0 Å². The summed E-state index contributed by atoms with van der Waals surface area (Å²) in [5.74, 6) is -1.58. The maximum atomic E-state index is 13.6. The standard InChI is InChI=1S/C11H9BrFNO3/c1-11(10(15)16)5-9(14-17-11)7-3-2-6(12)4-8(7)13/h2-4H,5H2,1H3,(H,15,16)/t11-/m0/s1. The molecule has 1 heterocycles. The van der Waals surface area contributed by atoms with Crippen LogP contribution in [-0.4, -0.2) is 22.4 Å². The Kier molecular flexibility index (Phi) is 2.91. The van der Waals surface area contributed by atoms with Gasteiger partial charge < -0.3 is 9.94 Å². The summed E-state index contributed by atoms with van der Waals surface area (Å²) in [6.45, 7) is 1.41. The van der Waals surface area contributed by atoms with Crippen LogP contribution in [0.1, 0.15) is 18.9 Å². The van der Waals surface area contributed by atoms with Crippen molar-refractivity contribution < 1.29 is 19.1 Å². The van der Waals surface area contributed by atoms with Gasteiger partial charge in [0, 0.05) is 16.5 Å². The van der Waals surface area contributed by atoms with Crippen LogP contribution in [0, 0.1) is 5.82 Å². The van der Waals surface area contributed by atoms with Crippen LogP contribution in [0.4, 0.5) is 4.39 Å². The first-order valence-corrected chi connectivity index (χ1v) is 5.65.